The molecular formula is C8H6N2OS. The molecule has 0 amide bonds. The Morgan fingerprint density at radius 2 is 2.50 bits per heavy atom. The van der Waals surface area contributed by atoms with Gasteiger partial charge in [0.25, 0.3) is 0 Å². The van der Waals surface area contributed by atoms with E-state index in [2.05, 4.69) is 12.2 Å². The summed E-state index contributed by atoms with van der Waals surface area (Å²) in [5, 5.41) is 8.57. The van der Waals surface area contributed by atoms with Crippen molar-refractivity contribution in [3.05, 3.63) is 29.7 Å². The summed E-state index contributed by atoms with van der Waals surface area (Å²) >= 11 is 4.63. The highest BCUT2D eigenvalue weighted by Crippen LogP contribution is 2.06. The fourth-order valence-electron chi connectivity index (χ4n) is 0.674. The molecule has 0 aromatic carbocycles. The molecule has 0 fully saturated rings. The first-order valence-corrected chi connectivity index (χ1v) is 3.60. The Kier molecular flexibility index (Phi) is 2.62. The first kappa shape index (κ1) is 8.50. The van der Waals surface area contributed by atoms with Gasteiger partial charge in [0.15, 0.2) is 0 Å². The fraction of sp³-hybridized carbons (Fsp3) is 0. The first-order chi connectivity index (χ1) is 5.74. The molecule has 1 rings (SSSR count). The van der Waals surface area contributed by atoms with Gasteiger partial charge in [-0.3, -0.25) is 0 Å². The van der Waals surface area contributed by atoms with E-state index in [9.17, 15) is 0 Å². The van der Waals surface area contributed by atoms with Crippen LogP contribution in [0.5, 0.6) is 0 Å². The molecule has 1 aromatic rings. The van der Waals surface area contributed by atoms with Gasteiger partial charge in [0.05, 0.1) is 11.8 Å². The molecule has 60 valence electrons. The van der Waals surface area contributed by atoms with E-state index in [1.807, 2.05) is 6.07 Å². The maximum Gasteiger partial charge on any atom is 0.128 e. The fourth-order valence-corrected chi connectivity index (χ4v) is 0.779. The third-order valence-corrected chi connectivity index (χ3v) is 1.44. The van der Waals surface area contributed by atoms with Crippen LogP contribution in [-0.2, 0) is 0 Å². The van der Waals surface area contributed by atoms with Crippen LogP contribution in [0.4, 0.5) is 0 Å². The van der Waals surface area contributed by atoms with Gasteiger partial charge in [0.1, 0.15) is 16.8 Å². The van der Waals surface area contributed by atoms with Crippen LogP contribution in [0.3, 0.4) is 0 Å². The predicted octanol–water partition coefficient (Wildman–Crippen LogP) is 1.47. The normalized spacial score (nSPS) is 10.8. The average molecular weight is 178 g/mol. The summed E-state index contributed by atoms with van der Waals surface area (Å²) in [5.74, 6) is 0.569. The molecular weight excluding hydrogens is 172 g/mol. The van der Waals surface area contributed by atoms with Gasteiger partial charge in [0.2, 0.25) is 0 Å². The molecule has 12 heavy (non-hydrogen) atoms. The first-order valence-electron chi connectivity index (χ1n) is 3.19. The Labute approximate surface area is 75.1 Å². The molecule has 2 N–H and O–H groups in total. The van der Waals surface area contributed by atoms with Gasteiger partial charge in [-0.2, -0.15) is 5.26 Å². The molecule has 0 saturated heterocycles. The van der Waals surface area contributed by atoms with Crippen molar-refractivity contribution < 1.29 is 4.42 Å². The summed E-state index contributed by atoms with van der Waals surface area (Å²) in [6, 6.07) is 5.32. The standard InChI is InChI=1S/C8H6N2OS/c9-5-6(8(10)12)4-7-2-1-3-11-7/h1-4H,(H2,10,12)/b6-4+. The highest BCUT2D eigenvalue weighted by molar-refractivity contribution is 7.80. The lowest BCUT2D eigenvalue weighted by Crippen LogP contribution is -2.09. The third kappa shape index (κ3) is 1.94. The molecule has 0 aliphatic heterocycles. The lowest BCUT2D eigenvalue weighted by Gasteiger charge is -1.90. The third-order valence-electron chi connectivity index (χ3n) is 1.22. The number of furan rings is 1. The SMILES string of the molecule is N#C/C(=C\c1ccco1)C(N)=S. The molecule has 1 heterocycles. The molecule has 0 aliphatic carbocycles. The second-order valence-corrected chi connectivity index (χ2v) is 2.49. The topological polar surface area (TPSA) is 63.0 Å². The van der Waals surface area contributed by atoms with Crippen LogP contribution in [0.25, 0.3) is 6.08 Å². The van der Waals surface area contributed by atoms with Crippen molar-refractivity contribution >= 4 is 23.3 Å². The van der Waals surface area contributed by atoms with E-state index in [1.54, 1.807) is 12.1 Å². The Balaban J connectivity index is 2.95. The van der Waals surface area contributed by atoms with Gasteiger partial charge in [-0.15, -0.1) is 0 Å². The minimum atomic E-state index is 0.0777. The van der Waals surface area contributed by atoms with E-state index in [4.69, 9.17) is 15.4 Å². The van der Waals surface area contributed by atoms with Gasteiger partial charge in [-0.05, 0) is 12.1 Å². The van der Waals surface area contributed by atoms with Gasteiger partial charge in [-0.1, -0.05) is 12.2 Å². The highest BCUT2D eigenvalue weighted by atomic mass is 32.1. The minimum Gasteiger partial charge on any atom is -0.465 e. The lowest BCUT2D eigenvalue weighted by molar-refractivity contribution is 0.557. The zero-order valence-corrected chi connectivity index (χ0v) is 6.97. The maximum atomic E-state index is 8.57. The number of nitrogens with zero attached hydrogens (tertiary/aromatic N) is 1. The summed E-state index contributed by atoms with van der Waals surface area (Å²) < 4.78 is 4.97. The second kappa shape index (κ2) is 3.69. The van der Waals surface area contributed by atoms with E-state index >= 15 is 0 Å². The van der Waals surface area contributed by atoms with E-state index in [0.717, 1.165) is 0 Å². The molecule has 0 bridgehead atoms. The molecule has 1 aromatic heterocycles. The van der Waals surface area contributed by atoms with Crippen LogP contribution in [0, 0.1) is 11.3 Å². The van der Waals surface area contributed by atoms with Crippen molar-refractivity contribution in [3.8, 4) is 6.07 Å². The smallest absolute Gasteiger partial charge is 0.128 e. The van der Waals surface area contributed by atoms with Crippen LogP contribution < -0.4 is 5.73 Å². The average Bonchev–Trinajstić information content (AvgIpc) is 2.51. The summed E-state index contributed by atoms with van der Waals surface area (Å²) in [4.78, 5) is 0.0777. The van der Waals surface area contributed by atoms with E-state index < -0.39 is 0 Å². The number of thiocarbonyl (C=S) groups is 1. The summed E-state index contributed by atoms with van der Waals surface area (Å²) in [7, 11) is 0. The van der Waals surface area contributed by atoms with Crippen molar-refractivity contribution in [2.75, 3.05) is 0 Å². The monoisotopic (exact) mass is 178 g/mol. The maximum absolute atomic E-state index is 8.57. The molecule has 0 spiro atoms. The molecule has 3 nitrogen and oxygen atoms in total. The predicted molar refractivity (Wildman–Crippen MR) is 49.1 cm³/mol. The van der Waals surface area contributed by atoms with Crippen molar-refractivity contribution in [1.29, 1.82) is 5.26 Å². The van der Waals surface area contributed by atoms with Crippen LogP contribution >= 0.6 is 12.2 Å². The van der Waals surface area contributed by atoms with Crippen molar-refractivity contribution in [3.63, 3.8) is 0 Å². The Hall–Kier alpha value is -1.60. The Morgan fingerprint density at radius 3 is 2.92 bits per heavy atom. The zero-order chi connectivity index (χ0) is 8.97. The molecule has 0 unspecified atom stereocenters. The van der Waals surface area contributed by atoms with Crippen LogP contribution in [-0.4, -0.2) is 4.99 Å². The number of hydrogen-bond acceptors (Lipinski definition) is 3. The lowest BCUT2D eigenvalue weighted by atomic mass is 10.2. The van der Waals surface area contributed by atoms with Crippen LogP contribution in [0.15, 0.2) is 28.4 Å². The number of nitrogens with two attached hydrogens (primary N) is 1. The summed E-state index contributed by atoms with van der Waals surface area (Å²) in [6.45, 7) is 0. The number of hydrogen-bond donors (Lipinski definition) is 1. The molecule has 0 atom stereocenters. The van der Waals surface area contributed by atoms with Gasteiger partial charge < -0.3 is 10.2 Å². The summed E-state index contributed by atoms with van der Waals surface area (Å²) in [5.41, 5.74) is 5.51. The van der Waals surface area contributed by atoms with Crippen LogP contribution in [0.1, 0.15) is 5.76 Å². The Bertz CT molecular complexity index is 346. The van der Waals surface area contributed by atoms with E-state index in [-0.39, 0.29) is 10.6 Å². The molecule has 4 heteroatoms. The minimum absolute atomic E-state index is 0.0777. The number of rotatable bonds is 2. The highest BCUT2D eigenvalue weighted by Gasteiger charge is 1.99. The van der Waals surface area contributed by atoms with E-state index in [1.165, 1.54) is 12.3 Å². The molecule has 0 saturated carbocycles. The van der Waals surface area contributed by atoms with Crippen LogP contribution in [0.2, 0.25) is 0 Å². The van der Waals surface area contributed by atoms with Crippen molar-refractivity contribution in [2.45, 2.75) is 0 Å². The molecule has 0 aliphatic rings. The van der Waals surface area contributed by atoms with E-state index in [0.29, 0.717) is 5.76 Å². The van der Waals surface area contributed by atoms with Gasteiger partial charge in [0, 0.05) is 6.08 Å². The second-order valence-electron chi connectivity index (χ2n) is 2.05. The summed E-state index contributed by atoms with van der Waals surface area (Å²) in [6.07, 6.45) is 3.02. The zero-order valence-electron chi connectivity index (χ0n) is 6.15. The quantitative estimate of drug-likeness (QED) is 0.423. The molecule has 0 radical (unpaired) electrons. The van der Waals surface area contributed by atoms with Crippen molar-refractivity contribution in [2.24, 2.45) is 5.73 Å². The Morgan fingerprint density at radius 1 is 1.75 bits per heavy atom. The number of nitriles is 1. The van der Waals surface area contributed by atoms with Gasteiger partial charge >= 0.3 is 0 Å². The largest absolute Gasteiger partial charge is 0.465 e. The van der Waals surface area contributed by atoms with Gasteiger partial charge in [-0.25, -0.2) is 0 Å². The van der Waals surface area contributed by atoms with Crippen molar-refractivity contribution in [1.82, 2.24) is 0 Å².